The van der Waals surface area contributed by atoms with Gasteiger partial charge in [0, 0.05) is 105 Å². The van der Waals surface area contributed by atoms with Crippen LogP contribution < -0.4 is 4.90 Å². The second kappa shape index (κ2) is 14.7. The molecular weight excluding hydrogens is 656 g/mol. The fourth-order valence-corrected chi connectivity index (χ4v) is 7.29. The Balaban J connectivity index is 0.00000576. The number of carbonyl (C=O) groups is 1. The third-order valence-electron chi connectivity index (χ3n) is 8.63. The Bertz CT molecular complexity index is 1860. The minimum Gasteiger partial charge on any atom is -0.744 e. The van der Waals surface area contributed by atoms with E-state index in [1.807, 2.05) is 65.0 Å². The molecule has 4 rings (SSSR count). The molecule has 243 valence electrons. The summed E-state index contributed by atoms with van der Waals surface area (Å²) in [6.45, 7) is 11.2. The van der Waals surface area contributed by atoms with Crippen LogP contribution in [0.25, 0.3) is 0 Å². The van der Waals surface area contributed by atoms with E-state index in [-0.39, 0.29) is 67.6 Å². The molecule has 0 fully saturated rings. The molecule has 0 bridgehead atoms. The van der Waals surface area contributed by atoms with Crippen molar-refractivity contribution >= 4 is 94.7 Å². The summed E-state index contributed by atoms with van der Waals surface area (Å²) in [5, 5.41) is 8.97. The van der Waals surface area contributed by atoms with E-state index in [1.54, 1.807) is 12.1 Å². The van der Waals surface area contributed by atoms with E-state index in [0.29, 0.717) is 19.5 Å². The number of benzene rings is 2. The van der Waals surface area contributed by atoms with Crippen molar-refractivity contribution in [3.8, 4) is 0 Å². The molecule has 0 atom stereocenters. The zero-order chi connectivity index (χ0) is 33.4. The van der Waals surface area contributed by atoms with Crippen LogP contribution in [0.1, 0.15) is 71.4 Å². The van der Waals surface area contributed by atoms with Gasteiger partial charge in [0.15, 0.2) is 5.71 Å². The van der Waals surface area contributed by atoms with Gasteiger partial charge in [0.05, 0.1) is 15.2 Å². The number of anilines is 1. The van der Waals surface area contributed by atoms with Crippen LogP contribution in [0.3, 0.4) is 0 Å². The Labute approximate surface area is 314 Å². The number of carboxylic acid groups (broad SMARTS) is 1. The molecule has 10 nitrogen and oxygen atoms in total. The van der Waals surface area contributed by atoms with E-state index >= 15 is 0 Å². The second-order valence-electron chi connectivity index (χ2n) is 12.3. The second-order valence-corrected chi connectivity index (χ2v) is 15.1. The maximum absolute atomic E-state index is 11.9. The number of fused-ring (bicyclic) bond motifs is 2. The Hall–Kier alpha value is -1.94. The number of likely N-dealkylation sites (N-methyl/N-ethyl adjacent to an activating group) is 1. The summed E-state index contributed by atoms with van der Waals surface area (Å²) in [6.07, 6.45) is 11.7. The Kier molecular flexibility index (Phi) is 12.3. The molecule has 0 amide bonds. The SMILES string of the molecule is CCN1\C(=C/C=C/C=C/C2=[N+](CCCCCC(=O)O)c3ccc(S(=O)(=O)O)cc3C2(C)C)C(C)(C)c2cc(S(=O)(=O)[O-])ccc21.[K]. The first kappa shape index (κ1) is 38.5. The number of nitrogens with zero attached hydrogens (tertiary/aromatic N) is 2. The zero-order valence-corrected chi connectivity index (χ0v) is 31.9. The predicted molar refractivity (Wildman–Crippen MR) is 178 cm³/mol. The Morgan fingerprint density at radius 1 is 0.913 bits per heavy atom. The van der Waals surface area contributed by atoms with Crippen LogP contribution in [0, 0.1) is 0 Å². The zero-order valence-electron chi connectivity index (χ0n) is 27.1. The summed E-state index contributed by atoms with van der Waals surface area (Å²) in [6, 6.07) is 9.07. The maximum atomic E-state index is 11.9. The van der Waals surface area contributed by atoms with Gasteiger partial charge in [-0.1, -0.05) is 32.1 Å². The average molecular weight is 696 g/mol. The average Bonchev–Trinajstić information content (AvgIpc) is 3.29. The standard InChI is InChI=1S/C33H40N2O8S2.K/c1-6-34-27-18-16-23(44(38,39)40)21-25(27)32(2,3)29(34)13-9-7-10-14-30-33(4,5)26-22-24(45(41,42)43)17-19-28(26)35(30)20-12-8-11-15-31(36)37;/h7,9-10,13-14,16-19,21-22H,6,8,11-12,15,20H2,1-5H3,(H2-,36,37,38,39,40,41,42,43);. The van der Waals surface area contributed by atoms with Crippen LogP contribution >= 0.6 is 0 Å². The summed E-state index contributed by atoms with van der Waals surface area (Å²) in [7, 11) is -8.98. The largest absolute Gasteiger partial charge is 0.744 e. The van der Waals surface area contributed by atoms with Gasteiger partial charge in [-0.2, -0.15) is 13.0 Å². The van der Waals surface area contributed by atoms with E-state index in [4.69, 9.17) is 5.11 Å². The molecule has 2 aromatic rings. The topological polar surface area (TPSA) is 155 Å². The van der Waals surface area contributed by atoms with E-state index in [1.165, 1.54) is 24.3 Å². The molecule has 2 heterocycles. The monoisotopic (exact) mass is 695 g/mol. The fourth-order valence-electron chi connectivity index (χ4n) is 6.29. The molecular formula is C33H40KN2O8S2. The smallest absolute Gasteiger partial charge is 0.303 e. The van der Waals surface area contributed by atoms with Crippen molar-refractivity contribution in [2.24, 2.45) is 0 Å². The molecule has 0 aliphatic carbocycles. The first-order chi connectivity index (χ1) is 20.9. The molecule has 2 aliphatic rings. The van der Waals surface area contributed by atoms with Crippen LogP contribution in [0.15, 0.2) is 82.3 Å². The van der Waals surface area contributed by atoms with Gasteiger partial charge >= 0.3 is 5.97 Å². The fraction of sp³-hybridized carbons (Fsp3) is 0.394. The van der Waals surface area contributed by atoms with E-state index < -0.39 is 37.0 Å². The van der Waals surface area contributed by atoms with Gasteiger partial charge in [-0.3, -0.25) is 9.35 Å². The van der Waals surface area contributed by atoms with Crippen molar-refractivity contribution in [1.29, 1.82) is 0 Å². The number of aliphatic carboxylic acids is 1. The molecule has 2 aromatic carbocycles. The van der Waals surface area contributed by atoms with Gasteiger partial charge in [-0.05, 0) is 75.6 Å². The maximum Gasteiger partial charge on any atom is 0.303 e. The van der Waals surface area contributed by atoms with Crippen LogP contribution in [-0.4, -0.2) is 112 Å². The van der Waals surface area contributed by atoms with Crippen molar-refractivity contribution < 1.29 is 40.4 Å². The van der Waals surface area contributed by atoms with Crippen LogP contribution in [0.4, 0.5) is 11.4 Å². The predicted octanol–water partition coefficient (Wildman–Crippen LogP) is 5.29. The molecule has 13 heteroatoms. The molecule has 0 spiro atoms. The molecule has 1 radical (unpaired) electrons. The van der Waals surface area contributed by atoms with Crippen molar-refractivity contribution in [2.45, 2.75) is 80.9 Å². The van der Waals surface area contributed by atoms with Gasteiger partial charge in [0.1, 0.15) is 16.7 Å². The number of unbranched alkanes of at least 4 members (excludes halogenated alkanes) is 2. The van der Waals surface area contributed by atoms with Crippen molar-refractivity contribution in [3.05, 3.63) is 83.6 Å². The van der Waals surface area contributed by atoms with Crippen molar-refractivity contribution in [1.82, 2.24) is 0 Å². The molecule has 2 N–H and O–H groups in total. The summed E-state index contributed by atoms with van der Waals surface area (Å²) in [4.78, 5) is 12.6. The van der Waals surface area contributed by atoms with Crippen molar-refractivity contribution in [2.75, 3.05) is 18.0 Å². The number of hydrogen-bond donors (Lipinski definition) is 2. The van der Waals surface area contributed by atoms with Crippen LogP contribution in [0.5, 0.6) is 0 Å². The summed E-state index contributed by atoms with van der Waals surface area (Å²) in [5.41, 5.74) is 3.95. The summed E-state index contributed by atoms with van der Waals surface area (Å²) in [5.74, 6) is -0.829. The van der Waals surface area contributed by atoms with Gasteiger partial charge in [-0.25, -0.2) is 8.42 Å². The Morgan fingerprint density at radius 3 is 2.17 bits per heavy atom. The van der Waals surface area contributed by atoms with Crippen LogP contribution in [-0.2, 0) is 35.9 Å². The van der Waals surface area contributed by atoms with Gasteiger partial charge in [-0.15, -0.1) is 0 Å². The van der Waals surface area contributed by atoms with E-state index in [0.717, 1.165) is 46.8 Å². The summed E-state index contributed by atoms with van der Waals surface area (Å²) < 4.78 is 70.6. The van der Waals surface area contributed by atoms with E-state index in [9.17, 15) is 30.7 Å². The molecule has 0 saturated heterocycles. The number of carboxylic acids is 1. The normalized spacial score (nSPS) is 18.0. The minimum absolute atomic E-state index is 0. The van der Waals surface area contributed by atoms with E-state index in [2.05, 4.69) is 9.48 Å². The first-order valence-corrected chi connectivity index (χ1v) is 17.7. The molecule has 2 aliphatic heterocycles. The van der Waals surface area contributed by atoms with Crippen molar-refractivity contribution in [3.63, 3.8) is 0 Å². The molecule has 0 aromatic heterocycles. The molecule has 0 saturated carbocycles. The Morgan fingerprint density at radius 2 is 1.57 bits per heavy atom. The quantitative estimate of drug-likeness (QED) is 0.0991. The number of allylic oxidation sites excluding steroid dienone is 6. The molecule has 46 heavy (non-hydrogen) atoms. The van der Waals surface area contributed by atoms with Gasteiger partial charge in [0.25, 0.3) is 10.1 Å². The first-order valence-electron chi connectivity index (χ1n) is 14.8. The van der Waals surface area contributed by atoms with Gasteiger partial charge < -0.3 is 14.6 Å². The number of hydrogen-bond acceptors (Lipinski definition) is 7. The molecule has 0 unspecified atom stereocenters. The van der Waals surface area contributed by atoms with Gasteiger partial charge in [0.2, 0.25) is 5.69 Å². The third-order valence-corrected chi connectivity index (χ3v) is 10.3. The third kappa shape index (κ3) is 8.01. The minimum atomic E-state index is -4.59. The van der Waals surface area contributed by atoms with Crippen LogP contribution in [0.2, 0.25) is 0 Å². The number of rotatable bonds is 12. The summed E-state index contributed by atoms with van der Waals surface area (Å²) >= 11 is 0.